The van der Waals surface area contributed by atoms with E-state index >= 15 is 14.4 Å². The van der Waals surface area contributed by atoms with Crippen LogP contribution in [0, 0.1) is 5.92 Å². The number of aromatic hydroxyl groups is 3. The number of aliphatic hydroxyl groups excluding tert-OH is 6. The van der Waals surface area contributed by atoms with Gasteiger partial charge < -0.3 is 128 Å². The first-order valence-corrected chi connectivity index (χ1v) is 32.4. The highest BCUT2D eigenvalue weighted by atomic mass is 35.5. The molecule has 18 atom stereocenters. The molecule has 7 amide bonds. The van der Waals surface area contributed by atoms with Crippen molar-refractivity contribution in [3.05, 3.63) is 117 Å². The molecule has 12 rings (SSSR count). The van der Waals surface area contributed by atoms with Gasteiger partial charge in [0.1, 0.15) is 89.5 Å². The van der Waals surface area contributed by atoms with Crippen molar-refractivity contribution in [3.8, 4) is 57.1 Å². The highest BCUT2D eigenvalue weighted by molar-refractivity contribution is 6.32. The lowest BCUT2D eigenvalue weighted by molar-refractivity contribution is -0.333. The van der Waals surface area contributed by atoms with Crippen molar-refractivity contribution < 1.29 is 118 Å². The highest BCUT2D eigenvalue weighted by Crippen LogP contribution is 2.50. The predicted molar refractivity (Wildman–Crippen MR) is 349 cm³/mol. The number of nitrogens with two attached hydrogens (primary N) is 2. The Bertz CT molecular complexity index is 4070. The average Bonchev–Trinajstić information content (AvgIpc) is 0.775. The third kappa shape index (κ3) is 15.8. The molecule has 7 aliphatic heterocycles. The SMILES string of the molecule is CN[C@H](CC(C)C)C(=O)N[C@H]1C(=O)N[C@@H](CC(N)=O)C(=O)N[C@H]2C(=O)N[C@H]3C(=O)N[C@H](C(=O)N[C@@H](C(=O)O)c4cc(O)cc(O)c4-c4cc3ccc4O)[C@H](O)c3ccc(c(Cl)c3)Oc3cc2cc(c3OC2OC(CO)C(O)C(O)C2OC2CC(C)(N)C(O)C(C)O2)Oc2ccc(cc2Cl)[C@H]1O. The third-order valence-electron chi connectivity index (χ3n) is 17.8. The number of phenolic OH excluding ortho intramolecular Hbond substituents is 3. The molecule has 7 heterocycles. The van der Waals surface area contributed by atoms with E-state index in [0.29, 0.717) is 0 Å². The van der Waals surface area contributed by atoms with Gasteiger partial charge in [-0.2, -0.15) is 0 Å². The number of carboxylic acids is 1. The molecule has 0 aromatic heterocycles. The number of nitrogens with one attached hydrogen (secondary N) is 7. The number of carbonyl (C=O) groups excluding carboxylic acids is 7. The van der Waals surface area contributed by atoms with Crippen molar-refractivity contribution in [2.24, 2.45) is 17.4 Å². The van der Waals surface area contributed by atoms with Crippen molar-refractivity contribution in [2.45, 2.75) is 156 Å². The number of rotatable bonds is 13. The summed E-state index contributed by atoms with van der Waals surface area (Å²) in [4.78, 5) is 117. The van der Waals surface area contributed by atoms with E-state index in [4.69, 9.17) is 63.1 Å². The smallest absolute Gasteiger partial charge is 0.330 e. The molecule has 0 spiro atoms. The van der Waals surface area contributed by atoms with Gasteiger partial charge in [0.05, 0.1) is 41.3 Å². The summed E-state index contributed by atoms with van der Waals surface area (Å²) in [6.07, 6.45) is -18.6. The summed E-state index contributed by atoms with van der Waals surface area (Å²) in [6, 6.07) is -0.679. The Kier molecular flexibility index (Phi) is 22.2. The molecule has 2 fully saturated rings. The Labute approximate surface area is 584 Å². The summed E-state index contributed by atoms with van der Waals surface area (Å²) in [7, 11) is 1.47. The number of phenols is 3. The number of aliphatic hydroxyl groups is 6. The molecule has 21 N–H and O–H groups in total. The fourth-order valence-corrected chi connectivity index (χ4v) is 12.9. The van der Waals surface area contributed by atoms with E-state index in [-0.39, 0.29) is 46.2 Å². The molecule has 9 unspecified atom stereocenters. The van der Waals surface area contributed by atoms with Crippen molar-refractivity contribution in [1.82, 2.24) is 37.2 Å². The fourth-order valence-electron chi connectivity index (χ4n) is 12.5. The van der Waals surface area contributed by atoms with Crippen molar-refractivity contribution in [2.75, 3.05) is 13.7 Å². The Morgan fingerprint density at radius 1 is 0.713 bits per heavy atom. The molecule has 2 saturated heterocycles. The first kappa shape index (κ1) is 74.5. The second kappa shape index (κ2) is 30.2. The summed E-state index contributed by atoms with van der Waals surface area (Å²) in [5.41, 5.74) is 8.00. The quantitative estimate of drug-likeness (QED) is 0.0743. The van der Waals surface area contributed by atoms with Crippen LogP contribution in [0.3, 0.4) is 0 Å². The monoisotopic (exact) mass is 1450 g/mol. The van der Waals surface area contributed by atoms with Gasteiger partial charge in [0.2, 0.25) is 53.4 Å². The number of halogens is 2. The third-order valence-corrected chi connectivity index (χ3v) is 18.4. The van der Waals surface area contributed by atoms with Gasteiger partial charge in [-0.05, 0) is 110 Å². The molecule has 0 radical (unpaired) electrons. The Hall–Kier alpha value is -9.20. The van der Waals surface area contributed by atoms with Gasteiger partial charge in [-0.25, -0.2) is 4.79 Å². The number of fused-ring (bicyclic) bond motifs is 15. The van der Waals surface area contributed by atoms with Gasteiger partial charge in [-0.3, -0.25) is 33.6 Å². The molecular weight excluding hydrogens is 1370 g/mol. The maximum absolute atomic E-state index is 16.0. The van der Waals surface area contributed by atoms with E-state index in [1.807, 2.05) is 13.8 Å². The maximum atomic E-state index is 16.0. The Morgan fingerprint density at radius 2 is 1.32 bits per heavy atom. The lowest BCUT2D eigenvalue weighted by atomic mass is 9.86. The topological polar surface area (TPSA) is 530 Å². The first-order chi connectivity index (χ1) is 47.7. The van der Waals surface area contributed by atoms with Crippen LogP contribution in [-0.2, 0) is 52.6 Å². The van der Waals surface area contributed by atoms with E-state index < -0.39 is 237 Å². The van der Waals surface area contributed by atoms with Crippen LogP contribution in [0.5, 0.6) is 46.0 Å². The van der Waals surface area contributed by atoms with Crippen LogP contribution in [0.25, 0.3) is 11.1 Å². The molecular formula is C66H75Cl2N9O24. The van der Waals surface area contributed by atoms with Crippen molar-refractivity contribution in [1.29, 1.82) is 0 Å². The number of hydrogen-bond donors (Lipinski definition) is 19. The van der Waals surface area contributed by atoms with Crippen LogP contribution >= 0.6 is 23.2 Å². The second-order valence-corrected chi connectivity index (χ2v) is 26.5. The fraction of sp³-hybridized carbons (Fsp3) is 0.424. The van der Waals surface area contributed by atoms with E-state index in [1.165, 1.54) is 33.0 Å². The molecule has 0 aliphatic carbocycles. The van der Waals surface area contributed by atoms with Crippen LogP contribution in [-0.4, -0.2) is 191 Å². The normalized spacial score (nSPS) is 29.4. The lowest BCUT2D eigenvalue weighted by Crippen LogP contribution is -2.64. The summed E-state index contributed by atoms with van der Waals surface area (Å²) < 4.78 is 38.3. The summed E-state index contributed by atoms with van der Waals surface area (Å²) >= 11 is 14.1. The molecule has 0 saturated carbocycles. The van der Waals surface area contributed by atoms with Crippen LogP contribution < -0.4 is 62.9 Å². The Balaban J connectivity index is 1.24. The molecule has 11 bridgehead atoms. The minimum Gasteiger partial charge on any atom is -0.508 e. The molecule has 35 heteroatoms. The zero-order valence-electron chi connectivity index (χ0n) is 54.3. The number of carbonyl (C=O) groups is 8. The van der Waals surface area contributed by atoms with Crippen LogP contribution in [0.15, 0.2) is 78.9 Å². The largest absolute Gasteiger partial charge is 0.508 e. The standard InChI is InChI=1S/C66H75Cl2N9O24/c1-23(2)12-34(71-5)58(88)76-49-51(83)26-7-10-38(32(67)14-26)97-40-16-28-17-41(55(40)101-65-56(54(86)53(85)42(22-78)99-65)100-44-21-66(4,70)57(87)24(3)96-44)98-39-11-8-27(15-33(39)68)52(84)50-63(93)75-48(64(94)95)31-18-29(79)19-37(81)45(31)30-13-25(6-9-36(30)80)46(60(90)77-50)74-61(91)47(28)73-59(89)35(20-43(69)82)72-62(49)92/h6-11,13-19,23-24,34-35,42,44,46-54,56-57,65,71,78-81,83-87H,12,20-22,70H2,1-5H3,(H2,69,82)(H,72,92)(H,73,89)(H,74,91)(H,75,93)(H,76,88)(H,77,90)(H,94,95)/t24?,34-,35+,42?,44?,46-,47-,48-,49-,50+,51-,52-,53?,54?,56?,57?,65?,66?/m1/s1. The van der Waals surface area contributed by atoms with Crippen molar-refractivity contribution >= 4 is 70.5 Å². The zero-order chi connectivity index (χ0) is 73.5. The summed E-state index contributed by atoms with van der Waals surface area (Å²) in [5.74, 6) is -16.0. The number of amides is 7. The molecule has 5 aromatic rings. The second-order valence-electron chi connectivity index (χ2n) is 25.7. The number of ether oxygens (including phenoxy) is 6. The van der Waals surface area contributed by atoms with Crippen LogP contribution in [0.2, 0.25) is 10.0 Å². The maximum Gasteiger partial charge on any atom is 0.330 e. The van der Waals surface area contributed by atoms with Gasteiger partial charge in [-0.1, -0.05) is 55.2 Å². The van der Waals surface area contributed by atoms with Gasteiger partial charge >= 0.3 is 5.97 Å². The first-order valence-electron chi connectivity index (χ1n) is 31.6. The van der Waals surface area contributed by atoms with Gasteiger partial charge in [0, 0.05) is 34.7 Å². The molecule has 33 nitrogen and oxygen atoms in total. The summed E-state index contributed by atoms with van der Waals surface area (Å²) in [6.45, 7) is 5.66. The minimum atomic E-state index is -2.35. The van der Waals surface area contributed by atoms with Crippen LogP contribution in [0.4, 0.5) is 0 Å². The molecule has 5 aromatic carbocycles. The molecule has 542 valence electrons. The number of primary amides is 1. The average molecular weight is 1450 g/mol. The van der Waals surface area contributed by atoms with E-state index in [2.05, 4.69) is 37.2 Å². The lowest BCUT2D eigenvalue weighted by Gasteiger charge is -2.47. The van der Waals surface area contributed by atoms with E-state index in [0.717, 1.165) is 66.7 Å². The number of benzene rings is 5. The van der Waals surface area contributed by atoms with Gasteiger partial charge in [-0.15, -0.1) is 0 Å². The molecule has 101 heavy (non-hydrogen) atoms. The number of aliphatic carboxylic acids is 1. The number of hydrogen-bond acceptors (Lipinski definition) is 25. The summed E-state index contributed by atoms with van der Waals surface area (Å²) in [5, 5.41) is 131. The predicted octanol–water partition coefficient (Wildman–Crippen LogP) is 0.106. The minimum absolute atomic E-state index is 0.0975. The zero-order valence-corrected chi connectivity index (χ0v) is 55.8. The number of likely N-dealkylation sites (N-methyl/N-ethyl adjacent to an activating group) is 1. The highest BCUT2D eigenvalue weighted by Gasteiger charge is 2.51. The van der Waals surface area contributed by atoms with E-state index in [1.54, 1.807) is 0 Å². The Morgan fingerprint density at radius 3 is 1.90 bits per heavy atom. The van der Waals surface area contributed by atoms with Gasteiger partial charge in [0.25, 0.3) is 0 Å². The van der Waals surface area contributed by atoms with Crippen molar-refractivity contribution in [3.63, 3.8) is 0 Å². The van der Waals surface area contributed by atoms with Gasteiger partial charge in [0.15, 0.2) is 29.9 Å². The number of carboxylic acid groups (broad SMARTS) is 1. The van der Waals surface area contributed by atoms with E-state index in [9.17, 15) is 75.0 Å². The molecule has 7 aliphatic rings. The van der Waals surface area contributed by atoms with Crippen LogP contribution in [0.1, 0.15) is 105 Å².